The number of esters is 4. The minimum absolute atomic E-state index is 0.212. The molecule has 1 heterocycles. The number of rotatable bonds is 6. The van der Waals surface area contributed by atoms with Crippen molar-refractivity contribution in [2.45, 2.75) is 64.3 Å². The van der Waals surface area contributed by atoms with E-state index in [9.17, 15) is 24.0 Å². The van der Waals surface area contributed by atoms with Crippen molar-refractivity contribution in [1.82, 2.24) is 5.32 Å². The van der Waals surface area contributed by atoms with Gasteiger partial charge in [0.15, 0.2) is 30.6 Å². The van der Waals surface area contributed by atoms with Crippen LogP contribution in [-0.2, 0) is 47.7 Å². The smallest absolute Gasteiger partial charge is 0.339 e. The fourth-order valence-corrected chi connectivity index (χ4v) is 2.84. The summed E-state index contributed by atoms with van der Waals surface area (Å²) in [6.45, 7) is 3.29. The van der Waals surface area contributed by atoms with E-state index in [4.69, 9.17) is 18.9 Å². The first-order valence-corrected chi connectivity index (χ1v) is 8.69. The van der Waals surface area contributed by atoms with Crippen molar-refractivity contribution in [3.8, 4) is 0 Å². The number of nitrogens with one attached hydrogen (secondary N) is 1. The zero-order chi connectivity index (χ0) is 21.0. The number of amides is 1. The van der Waals surface area contributed by atoms with Crippen LogP contribution in [0.2, 0.25) is 0 Å². The lowest BCUT2D eigenvalue weighted by molar-refractivity contribution is -0.252. The maximum Gasteiger partial charge on any atom is 0.339 e. The molecule has 1 N–H and O–H groups in total. The molecule has 28 heavy (non-hydrogen) atoms. The van der Waals surface area contributed by atoms with E-state index < -0.39 is 54.5 Å². The van der Waals surface area contributed by atoms with Gasteiger partial charge in [-0.25, -0.2) is 4.79 Å². The van der Waals surface area contributed by atoms with Crippen molar-refractivity contribution in [3.63, 3.8) is 0 Å². The fourth-order valence-electron chi connectivity index (χ4n) is 2.84. The van der Waals surface area contributed by atoms with E-state index in [-0.39, 0.29) is 11.8 Å². The highest BCUT2D eigenvalue weighted by Crippen LogP contribution is 2.32. The fraction of sp³-hybridized carbons (Fsp3) is 0.706. The average molecular weight is 401 g/mol. The van der Waals surface area contributed by atoms with Gasteiger partial charge in [-0.2, -0.15) is 0 Å². The Bertz CT molecular complexity index is 658. The minimum Gasteiger partial charge on any atom is -0.467 e. The molecule has 11 nitrogen and oxygen atoms in total. The predicted molar refractivity (Wildman–Crippen MR) is 88.2 cm³/mol. The zero-order valence-corrected chi connectivity index (χ0v) is 16.0. The lowest BCUT2D eigenvalue weighted by Gasteiger charge is -2.43. The van der Waals surface area contributed by atoms with E-state index in [1.165, 1.54) is 0 Å². The van der Waals surface area contributed by atoms with Gasteiger partial charge < -0.3 is 29.0 Å². The van der Waals surface area contributed by atoms with Crippen LogP contribution in [0, 0.1) is 5.92 Å². The van der Waals surface area contributed by atoms with Crippen molar-refractivity contribution < 1.29 is 47.7 Å². The molecule has 5 atom stereocenters. The molecule has 0 radical (unpaired) electrons. The summed E-state index contributed by atoms with van der Waals surface area (Å²) in [5, 5.41) is 2.54. The number of hydrogen-bond acceptors (Lipinski definition) is 10. The third kappa shape index (κ3) is 5.41. The van der Waals surface area contributed by atoms with Crippen molar-refractivity contribution in [1.29, 1.82) is 0 Å². The van der Waals surface area contributed by atoms with Crippen LogP contribution in [0.5, 0.6) is 0 Å². The molecule has 0 spiro atoms. The number of carbonyl (C=O) groups excluding carboxylic acids is 5. The Kier molecular flexibility index (Phi) is 6.95. The molecule has 0 unspecified atom stereocenters. The molecule has 1 saturated carbocycles. The summed E-state index contributed by atoms with van der Waals surface area (Å²) in [4.78, 5) is 59.1. The molecule has 2 fully saturated rings. The molecule has 1 aliphatic heterocycles. The molecule has 0 bridgehead atoms. The first-order valence-electron chi connectivity index (χ1n) is 8.69. The highest BCUT2D eigenvalue weighted by molar-refractivity contribution is 5.81. The van der Waals surface area contributed by atoms with Crippen molar-refractivity contribution in [3.05, 3.63) is 0 Å². The normalized spacial score (nSPS) is 29.2. The maximum absolute atomic E-state index is 12.2. The second-order valence-corrected chi connectivity index (χ2v) is 6.51. The molecule has 1 aliphatic carbocycles. The Morgan fingerprint density at radius 1 is 0.821 bits per heavy atom. The van der Waals surface area contributed by atoms with Crippen LogP contribution in [-0.4, -0.2) is 67.5 Å². The van der Waals surface area contributed by atoms with Gasteiger partial charge in [-0.1, -0.05) is 0 Å². The lowest BCUT2D eigenvalue weighted by Crippen LogP contribution is -2.67. The summed E-state index contributed by atoms with van der Waals surface area (Å²) in [5.74, 6) is -3.82. The molecule has 2 aliphatic rings. The van der Waals surface area contributed by atoms with Gasteiger partial charge in [0.1, 0.15) is 0 Å². The Hall–Kier alpha value is -2.69. The minimum atomic E-state index is -1.52. The van der Waals surface area contributed by atoms with Crippen molar-refractivity contribution in [2.24, 2.45) is 5.92 Å². The standard InChI is InChI=1S/C17H23NO10/c1-7(19)25-11-12(26-8(2)20)14(17(23)24-4)28-16(13(11)27-9(3)21)18-15(22)10-5-6-10/h10-14,16H,5-6H2,1-4H3,(H,18,22)/t11-,12-,13+,14-,16+/m0/s1. The Labute approximate surface area is 160 Å². The number of hydrogen-bond donors (Lipinski definition) is 1. The monoisotopic (exact) mass is 401 g/mol. The second kappa shape index (κ2) is 9.00. The molecule has 0 aromatic carbocycles. The highest BCUT2D eigenvalue weighted by atomic mass is 16.7. The molecular weight excluding hydrogens is 378 g/mol. The number of carbonyl (C=O) groups is 5. The van der Waals surface area contributed by atoms with Crippen LogP contribution in [0.4, 0.5) is 0 Å². The van der Waals surface area contributed by atoms with Gasteiger partial charge in [-0.3, -0.25) is 19.2 Å². The zero-order valence-electron chi connectivity index (χ0n) is 16.0. The third-order valence-corrected chi connectivity index (χ3v) is 4.11. The van der Waals surface area contributed by atoms with E-state index in [0.717, 1.165) is 27.9 Å². The van der Waals surface area contributed by atoms with E-state index in [1.807, 2.05) is 0 Å². The highest BCUT2D eigenvalue weighted by Gasteiger charge is 2.55. The summed E-state index contributed by atoms with van der Waals surface area (Å²) < 4.78 is 25.8. The summed E-state index contributed by atoms with van der Waals surface area (Å²) in [5.41, 5.74) is 0. The van der Waals surface area contributed by atoms with E-state index in [2.05, 4.69) is 10.1 Å². The van der Waals surface area contributed by atoms with Gasteiger partial charge in [0.05, 0.1) is 7.11 Å². The largest absolute Gasteiger partial charge is 0.467 e. The Balaban J connectivity index is 2.40. The van der Waals surface area contributed by atoms with Crippen LogP contribution in [0.3, 0.4) is 0 Å². The maximum atomic E-state index is 12.2. The topological polar surface area (TPSA) is 144 Å². The van der Waals surface area contributed by atoms with Crippen molar-refractivity contribution in [2.75, 3.05) is 7.11 Å². The van der Waals surface area contributed by atoms with Crippen LogP contribution < -0.4 is 5.32 Å². The predicted octanol–water partition coefficient (Wildman–Crippen LogP) is -0.794. The quantitative estimate of drug-likeness (QED) is 0.444. The lowest BCUT2D eigenvalue weighted by atomic mass is 9.96. The average Bonchev–Trinajstić information content (AvgIpc) is 3.42. The summed E-state index contributed by atoms with van der Waals surface area (Å²) in [7, 11) is 1.09. The first-order chi connectivity index (χ1) is 13.1. The van der Waals surface area contributed by atoms with Crippen LogP contribution in [0.15, 0.2) is 0 Å². The molecule has 0 aromatic heterocycles. The summed E-state index contributed by atoms with van der Waals surface area (Å²) >= 11 is 0. The van der Waals surface area contributed by atoms with Crippen molar-refractivity contribution >= 4 is 29.8 Å². The molecule has 1 saturated heterocycles. The molecule has 1 amide bonds. The van der Waals surface area contributed by atoms with Crippen LogP contribution in [0.1, 0.15) is 33.6 Å². The second-order valence-electron chi connectivity index (χ2n) is 6.51. The van der Waals surface area contributed by atoms with E-state index in [0.29, 0.717) is 12.8 Å². The summed E-state index contributed by atoms with van der Waals surface area (Å²) in [6.07, 6.45) is -5.66. The Morgan fingerprint density at radius 2 is 1.32 bits per heavy atom. The van der Waals surface area contributed by atoms with Gasteiger partial charge in [-0.15, -0.1) is 0 Å². The SMILES string of the molecule is COC(=O)[C@H]1O[C@@H](NC(=O)C2CC2)[C@H](OC(C)=O)[C@@H](OC(C)=O)[C@@H]1OC(C)=O. The van der Waals surface area contributed by atoms with Gasteiger partial charge in [0.2, 0.25) is 5.91 Å². The van der Waals surface area contributed by atoms with E-state index >= 15 is 0 Å². The molecule has 156 valence electrons. The van der Waals surface area contributed by atoms with Gasteiger partial charge in [0.25, 0.3) is 0 Å². The molecule has 0 aromatic rings. The van der Waals surface area contributed by atoms with E-state index in [1.54, 1.807) is 0 Å². The summed E-state index contributed by atoms with van der Waals surface area (Å²) in [6, 6.07) is 0. The van der Waals surface area contributed by atoms with Gasteiger partial charge >= 0.3 is 23.9 Å². The number of ether oxygens (including phenoxy) is 5. The van der Waals surface area contributed by atoms with Crippen LogP contribution in [0.25, 0.3) is 0 Å². The first kappa shape index (κ1) is 21.6. The van der Waals surface area contributed by atoms with Crippen LogP contribution >= 0.6 is 0 Å². The molecular formula is C17H23NO10. The molecule has 11 heteroatoms. The Morgan fingerprint density at radius 3 is 1.79 bits per heavy atom. The third-order valence-electron chi connectivity index (χ3n) is 4.11. The van der Waals surface area contributed by atoms with Gasteiger partial charge in [0, 0.05) is 26.7 Å². The number of methoxy groups -OCH3 is 1. The van der Waals surface area contributed by atoms with Gasteiger partial charge in [-0.05, 0) is 12.8 Å². The molecule has 2 rings (SSSR count).